The number of nitrogens with one attached hydrogen (secondary N) is 1. The second-order valence-corrected chi connectivity index (χ2v) is 8.41. The molecule has 0 unspecified atom stereocenters. The van der Waals surface area contributed by atoms with Crippen LogP contribution in [-0.2, 0) is 5.54 Å². The van der Waals surface area contributed by atoms with Crippen molar-refractivity contribution >= 4 is 22.6 Å². The number of carbonyl (C=O) groups is 1. The van der Waals surface area contributed by atoms with Gasteiger partial charge in [0.15, 0.2) is 0 Å². The van der Waals surface area contributed by atoms with Gasteiger partial charge in [-0.3, -0.25) is 4.79 Å². The number of hydrogen-bond acceptors (Lipinski definition) is 4. The van der Waals surface area contributed by atoms with Crippen LogP contribution in [0.3, 0.4) is 0 Å². The van der Waals surface area contributed by atoms with Crippen LogP contribution in [0.5, 0.6) is 0 Å². The maximum atomic E-state index is 14.9. The van der Waals surface area contributed by atoms with E-state index in [1.165, 1.54) is 12.3 Å². The van der Waals surface area contributed by atoms with Crippen LogP contribution in [0.25, 0.3) is 10.9 Å². The number of fused-ring (bicyclic) bond motifs is 1. The molecular weight excluding hydrogens is 349 g/mol. The molecule has 146 valence electrons. The first kappa shape index (κ1) is 19.4. The molecule has 1 aromatic heterocycles. The van der Waals surface area contributed by atoms with Crippen molar-refractivity contribution in [1.29, 1.82) is 0 Å². The lowest BCUT2D eigenvalue weighted by molar-refractivity contribution is 0.0694. The van der Waals surface area contributed by atoms with E-state index in [1.807, 2.05) is 39.5 Å². The molecule has 6 nitrogen and oxygen atoms in total. The predicted molar refractivity (Wildman–Crippen MR) is 104 cm³/mol. The van der Waals surface area contributed by atoms with Gasteiger partial charge in [-0.05, 0) is 46.8 Å². The van der Waals surface area contributed by atoms with Gasteiger partial charge in [-0.25, -0.2) is 9.18 Å². The molecule has 0 saturated carbocycles. The number of hydrogen-bond donors (Lipinski definition) is 2. The topological polar surface area (TPSA) is 74.6 Å². The molecule has 27 heavy (non-hydrogen) atoms. The number of aromatic carboxylic acids is 1. The standard InChI is InChI=1S/C20H26FN3O3/c1-11-8-23(9-12(2)22-11)17-7-16-13(6-15(17)21)18(25)14(19(26)27)10-24(16)20(3,4)5/h6-7,10-12,22H,8-9H2,1-5H3,(H,26,27)/t11-,12-/m0/s1. The Hall–Kier alpha value is -2.41. The molecule has 1 fully saturated rings. The van der Waals surface area contributed by atoms with Crippen LogP contribution in [0.1, 0.15) is 45.0 Å². The molecular formula is C20H26FN3O3. The zero-order chi connectivity index (χ0) is 20.1. The van der Waals surface area contributed by atoms with E-state index in [0.29, 0.717) is 24.3 Å². The Morgan fingerprint density at radius 2 is 1.81 bits per heavy atom. The van der Waals surface area contributed by atoms with Gasteiger partial charge >= 0.3 is 5.97 Å². The Balaban J connectivity index is 2.29. The van der Waals surface area contributed by atoms with Crippen molar-refractivity contribution in [3.63, 3.8) is 0 Å². The average molecular weight is 375 g/mol. The van der Waals surface area contributed by atoms with Crippen LogP contribution in [0.2, 0.25) is 0 Å². The third kappa shape index (κ3) is 3.56. The highest BCUT2D eigenvalue weighted by Gasteiger charge is 2.26. The minimum atomic E-state index is -1.31. The minimum Gasteiger partial charge on any atom is -0.477 e. The number of carboxylic acid groups (broad SMARTS) is 1. The van der Waals surface area contributed by atoms with Crippen molar-refractivity contribution in [3.05, 3.63) is 39.9 Å². The number of nitrogens with zero attached hydrogens (tertiary/aromatic N) is 2. The first-order chi connectivity index (χ1) is 12.5. The number of rotatable bonds is 2. The number of halogens is 1. The van der Waals surface area contributed by atoms with Gasteiger partial charge in [-0.2, -0.15) is 0 Å². The third-order valence-electron chi connectivity index (χ3n) is 4.92. The van der Waals surface area contributed by atoms with Crippen molar-refractivity contribution in [2.75, 3.05) is 18.0 Å². The second kappa shape index (κ2) is 6.64. The molecule has 1 aliphatic heterocycles. The van der Waals surface area contributed by atoms with Gasteiger partial charge in [-0.15, -0.1) is 0 Å². The molecule has 1 aliphatic rings. The fraction of sp³-hybridized carbons (Fsp3) is 0.500. The van der Waals surface area contributed by atoms with E-state index in [0.717, 1.165) is 0 Å². The van der Waals surface area contributed by atoms with Gasteiger partial charge in [0.05, 0.1) is 11.2 Å². The molecule has 7 heteroatoms. The minimum absolute atomic E-state index is 0.0855. The van der Waals surface area contributed by atoms with Gasteiger partial charge in [0, 0.05) is 42.3 Å². The summed E-state index contributed by atoms with van der Waals surface area (Å²) < 4.78 is 16.7. The summed E-state index contributed by atoms with van der Waals surface area (Å²) in [7, 11) is 0. The Labute approximate surface area is 157 Å². The summed E-state index contributed by atoms with van der Waals surface area (Å²) in [5.74, 6) is -1.82. The van der Waals surface area contributed by atoms with Gasteiger partial charge in [0.1, 0.15) is 11.4 Å². The van der Waals surface area contributed by atoms with Crippen LogP contribution in [0.4, 0.5) is 10.1 Å². The summed E-state index contributed by atoms with van der Waals surface area (Å²) in [4.78, 5) is 26.1. The van der Waals surface area contributed by atoms with Crippen LogP contribution in [0, 0.1) is 5.82 Å². The quantitative estimate of drug-likeness (QED) is 0.844. The van der Waals surface area contributed by atoms with E-state index in [9.17, 15) is 19.1 Å². The van der Waals surface area contributed by atoms with Crippen LogP contribution < -0.4 is 15.6 Å². The average Bonchev–Trinajstić information content (AvgIpc) is 2.52. The summed E-state index contributed by atoms with van der Waals surface area (Å²) in [6, 6.07) is 3.28. The summed E-state index contributed by atoms with van der Waals surface area (Å²) in [6.07, 6.45) is 1.36. The molecule has 0 radical (unpaired) electrons. The highest BCUT2D eigenvalue weighted by atomic mass is 19.1. The van der Waals surface area contributed by atoms with Gasteiger partial charge in [0.25, 0.3) is 0 Å². The number of benzene rings is 1. The van der Waals surface area contributed by atoms with Crippen LogP contribution in [0.15, 0.2) is 23.1 Å². The lowest BCUT2D eigenvalue weighted by atomic mass is 10.0. The molecule has 0 amide bonds. The zero-order valence-electron chi connectivity index (χ0n) is 16.3. The van der Waals surface area contributed by atoms with E-state index in [2.05, 4.69) is 5.32 Å². The van der Waals surface area contributed by atoms with E-state index < -0.39 is 22.8 Å². The fourth-order valence-electron chi connectivity index (χ4n) is 3.81. The molecule has 1 aromatic carbocycles. The van der Waals surface area contributed by atoms with Crippen molar-refractivity contribution in [1.82, 2.24) is 9.88 Å². The Bertz CT molecular complexity index is 952. The van der Waals surface area contributed by atoms with Crippen molar-refractivity contribution in [2.45, 2.75) is 52.2 Å². The predicted octanol–water partition coefficient (Wildman–Crippen LogP) is 2.78. The second-order valence-electron chi connectivity index (χ2n) is 8.41. The first-order valence-corrected chi connectivity index (χ1v) is 9.12. The molecule has 0 bridgehead atoms. The first-order valence-electron chi connectivity index (χ1n) is 9.12. The number of anilines is 1. The lowest BCUT2D eigenvalue weighted by Crippen LogP contribution is -2.54. The number of pyridine rings is 1. The third-order valence-corrected chi connectivity index (χ3v) is 4.92. The van der Waals surface area contributed by atoms with Crippen LogP contribution >= 0.6 is 0 Å². The molecule has 2 heterocycles. The monoisotopic (exact) mass is 375 g/mol. The highest BCUT2D eigenvalue weighted by molar-refractivity contribution is 5.93. The number of carboxylic acids is 1. The molecule has 1 saturated heterocycles. The molecule has 2 aromatic rings. The van der Waals surface area contributed by atoms with E-state index in [4.69, 9.17) is 0 Å². The van der Waals surface area contributed by atoms with Gasteiger partial charge < -0.3 is 19.9 Å². The number of aromatic nitrogens is 1. The van der Waals surface area contributed by atoms with E-state index in [1.54, 1.807) is 10.6 Å². The summed E-state index contributed by atoms with van der Waals surface area (Å²) in [6.45, 7) is 11.2. The van der Waals surface area contributed by atoms with Crippen molar-refractivity contribution < 1.29 is 14.3 Å². The number of piperazine rings is 1. The van der Waals surface area contributed by atoms with Crippen LogP contribution in [-0.4, -0.2) is 40.8 Å². The molecule has 0 spiro atoms. The lowest BCUT2D eigenvalue weighted by Gasteiger charge is -2.38. The van der Waals surface area contributed by atoms with E-state index in [-0.39, 0.29) is 23.0 Å². The molecule has 3 rings (SSSR count). The zero-order valence-corrected chi connectivity index (χ0v) is 16.3. The van der Waals surface area contributed by atoms with Crippen molar-refractivity contribution in [2.24, 2.45) is 0 Å². The normalized spacial score (nSPS) is 20.9. The summed E-state index contributed by atoms with van der Waals surface area (Å²) in [5.41, 5.74) is -0.523. The summed E-state index contributed by atoms with van der Waals surface area (Å²) >= 11 is 0. The Morgan fingerprint density at radius 3 is 2.33 bits per heavy atom. The maximum Gasteiger partial charge on any atom is 0.341 e. The largest absolute Gasteiger partial charge is 0.477 e. The molecule has 0 aliphatic carbocycles. The Kier molecular flexibility index (Phi) is 4.76. The van der Waals surface area contributed by atoms with E-state index >= 15 is 0 Å². The molecule has 2 N–H and O–H groups in total. The highest BCUT2D eigenvalue weighted by Crippen LogP contribution is 2.29. The smallest absolute Gasteiger partial charge is 0.341 e. The maximum absolute atomic E-state index is 14.9. The Morgan fingerprint density at radius 1 is 1.22 bits per heavy atom. The SMILES string of the molecule is C[C@H]1CN(c2cc3c(cc2F)c(=O)c(C(=O)O)cn3C(C)(C)C)C[C@H](C)N1. The fourth-order valence-corrected chi connectivity index (χ4v) is 3.81. The van der Waals surface area contributed by atoms with Crippen molar-refractivity contribution in [3.8, 4) is 0 Å². The van der Waals surface area contributed by atoms with Gasteiger partial charge in [0.2, 0.25) is 5.43 Å². The van der Waals surface area contributed by atoms with Gasteiger partial charge in [-0.1, -0.05) is 0 Å². The molecule has 2 atom stereocenters. The summed E-state index contributed by atoms with van der Waals surface area (Å²) in [5, 5.41) is 12.9.